The van der Waals surface area contributed by atoms with E-state index >= 15 is 0 Å². The number of hydrogen-bond donors (Lipinski definition) is 2. The molecule has 2 aromatic carbocycles. The molecule has 0 aromatic heterocycles. The number of aliphatic hydroxyl groups excluding tert-OH is 1. The van der Waals surface area contributed by atoms with Crippen LogP contribution in [0.15, 0.2) is 42.5 Å². The van der Waals surface area contributed by atoms with Gasteiger partial charge >= 0.3 is 0 Å². The molecule has 0 aliphatic heterocycles. The highest BCUT2D eigenvalue weighted by Gasteiger charge is 2.12. The summed E-state index contributed by atoms with van der Waals surface area (Å²) in [6, 6.07) is 12.1. The van der Waals surface area contributed by atoms with Crippen molar-refractivity contribution >= 4 is 0 Å². The van der Waals surface area contributed by atoms with Gasteiger partial charge in [-0.25, -0.2) is 0 Å². The molecule has 2 rings (SSSR count). The highest BCUT2D eigenvalue weighted by Crippen LogP contribution is 2.31. The second-order valence-corrected chi connectivity index (χ2v) is 4.50. The molecule has 0 saturated heterocycles. The van der Waals surface area contributed by atoms with E-state index in [1.807, 2.05) is 6.07 Å². The third-order valence-electron chi connectivity index (χ3n) is 3.16. The summed E-state index contributed by atoms with van der Waals surface area (Å²) in [5, 5.41) is 19.5. The lowest BCUT2D eigenvalue weighted by molar-refractivity contribution is 0.178. The smallest absolute Gasteiger partial charge is 0.161 e. The van der Waals surface area contributed by atoms with E-state index in [-0.39, 0.29) is 5.75 Å². The van der Waals surface area contributed by atoms with Gasteiger partial charge < -0.3 is 19.7 Å². The summed E-state index contributed by atoms with van der Waals surface area (Å²) >= 11 is 0. The predicted molar refractivity (Wildman–Crippen MR) is 76.3 cm³/mol. The minimum Gasteiger partial charge on any atom is -0.508 e. The number of methoxy groups -OCH3 is 2. The molecular formula is C16H18O4. The highest BCUT2D eigenvalue weighted by atomic mass is 16.5. The maximum atomic E-state index is 10.3. The first-order valence-electron chi connectivity index (χ1n) is 6.32. The average Bonchev–Trinajstić information content (AvgIpc) is 2.48. The maximum absolute atomic E-state index is 10.3. The van der Waals surface area contributed by atoms with Crippen LogP contribution in [0, 0.1) is 0 Å². The largest absolute Gasteiger partial charge is 0.508 e. The van der Waals surface area contributed by atoms with Crippen LogP contribution in [0.3, 0.4) is 0 Å². The van der Waals surface area contributed by atoms with Gasteiger partial charge in [-0.2, -0.15) is 0 Å². The van der Waals surface area contributed by atoms with Crippen LogP contribution in [0.2, 0.25) is 0 Å². The number of benzene rings is 2. The molecule has 1 atom stereocenters. The Bertz CT molecular complexity index is 563. The number of phenols is 1. The van der Waals surface area contributed by atoms with Crippen molar-refractivity contribution in [2.45, 2.75) is 12.5 Å². The fraction of sp³-hybridized carbons (Fsp3) is 0.250. The van der Waals surface area contributed by atoms with Gasteiger partial charge in [0.25, 0.3) is 0 Å². The van der Waals surface area contributed by atoms with Crippen LogP contribution >= 0.6 is 0 Å². The second kappa shape index (κ2) is 6.30. The number of phenolic OH excluding ortho intramolecular Hbond substituents is 1. The Morgan fingerprint density at radius 3 is 2.20 bits per heavy atom. The lowest BCUT2D eigenvalue weighted by Gasteiger charge is -2.14. The number of rotatable bonds is 5. The molecule has 20 heavy (non-hydrogen) atoms. The molecule has 0 bridgehead atoms. The van der Waals surface area contributed by atoms with Crippen molar-refractivity contribution in [1.82, 2.24) is 0 Å². The Morgan fingerprint density at radius 1 is 0.950 bits per heavy atom. The molecule has 4 nitrogen and oxygen atoms in total. The molecule has 106 valence electrons. The Hall–Kier alpha value is -2.20. The van der Waals surface area contributed by atoms with Crippen molar-refractivity contribution in [3.05, 3.63) is 53.6 Å². The lowest BCUT2D eigenvalue weighted by atomic mass is 10.0. The van der Waals surface area contributed by atoms with Crippen LogP contribution in [-0.2, 0) is 6.42 Å². The molecule has 0 aliphatic carbocycles. The van der Waals surface area contributed by atoms with Gasteiger partial charge in [0, 0.05) is 6.42 Å². The summed E-state index contributed by atoms with van der Waals surface area (Å²) in [7, 11) is 3.14. The first-order valence-corrected chi connectivity index (χ1v) is 6.32. The van der Waals surface area contributed by atoms with Crippen molar-refractivity contribution in [2.75, 3.05) is 14.2 Å². The third kappa shape index (κ3) is 3.22. The Balaban J connectivity index is 2.16. The zero-order valence-electron chi connectivity index (χ0n) is 11.5. The van der Waals surface area contributed by atoms with E-state index in [0.29, 0.717) is 17.9 Å². The van der Waals surface area contributed by atoms with Crippen LogP contribution in [0.1, 0.15) is 17.2 Å². The van der Waals surface area contributed by atoms with Gasteiger partial charge in [-0.3, -0.25) is 0 Å². The van der Waals surface area contributed by atoms with E-state index in [1.54, 1.807) is 50.6 Å². The van der Waals surface area contributed by atoms with Crippen molar-refractivity contribution in [1.29, 1.82) is 0 Å². The summed E-state index contributed by atoms with van der Waals surface area (Å²) in [4.78, 5) is 0. The quantitative estimate of drug-likeness (QED) is 0.880. The molecule has 4 heteroatoms. The summed E-state index contributed by atoms with van der Waals surface area (Å²) in [5.74, 6) is 1.44. The van der Waals surface area contributed by atoms with Gasteiger partial charge in [-0.15, -0.1) is 0 Å². The van der Waals surface area contributed by atoms with Crippen LogP contribution in [0.5, 0.6) is 17.2 Å². The van der Waals surface area contributed by atoms with Gasteiger partial charge in [0.05, 0.1) is 20.3 Å². The summed E-state index contributed by atoms with van der Waals surface area (Å²) < 4.78 is 10.4. The SMILES string of the molecule is COc1ccc(C(O)Cc2ccc(O)cc2)cc1OC. The Morgan fingerprint density at radius 2 is 1.60 bits per heavy atom. The van der Waals surface area contributed by atoms with Crippen molar-refractivity contribution < 1.29 is 19.7 Å². The molecule has 2 N–H and O–H groups in total. The molecule has 0 spiro atoms. The van der Waals surface area contributed by atoms with Gasteiger partial charge in [0.15, 0.2) is 11.5 Å². The number of aliphatic hydroxyl groups is 1. The van der Waals surface area contributed by atoms with Crippen LogP contribution in [0.4, 0.5) is 0 Å². The minimum absolute atomic E-state index is 0.217. The molecule has 0 radical (unpaired) electrons. The van der Waals surface area contributed by atoms with Crippen LogP contribution in [-0.4, -0.2) is 24.4 Å². The molecule has 0 fully saturated rings. The van der Waals surface area contributed by atoms with Crippen LogP contribution < -0.4 is 9.47 Å². The molecule has 0 amide bonds. The fourth-order valence-electron chi connectivity index (χ4n) is 2.03. The number of ether oxygens (including phenoxy) is 2. The van der Waals surface area contributed by atoms with E-state index in [1.165, 1.54) is 0 Å². The standard InChI is InChI=1S/C16H18O4/c1-19-15-8-5-12(10-16(15)20-2)14(18)9-11-3-6-13(17)7-4-11/h3-8,10,14,17-18H,9H2,1-2H3. The van der Waals surface area contributed by atoms with E-state index in [4.69, 9.17) is 9.47 Å². The summed E-state index contributed by atoms with van der Waals surface area (Å²) in [6.07, 6.45) is -0.171. The third-order valence-corrected chi connectivity index (χ3v) is 3.16. The van der Waals surface area contributed by atoms with Gasteiger partial charge in [0.1, 0.15) is 5.75 Å². The minimum atomic E-state index is -0.639. The van der Waals surface area contributed by atoms with Crippen LogP contribution in [0.25, 0.3) is 0 Å². The molecule has 1 unspecified atom stereocenters. The van der Waals surface area contributed by atoms with E-state index < -0.39 is 6.10 Å². The predicted octanol–water partition coefficient (Wildman–Crippen LogP) is 2.69. The van der Waals surface area contributed by atoms with E-state index in [9.17, 15) is 10.2 Å². The van der Waals surface area contributed by atoms with Crippen molar-refractivity contribution in [3.63, 3.8) is 0 Å². The zero-order valence-corrected chi connectivity index (χ0v) is 11.5. The second-order valence-electron chi connectivity index (χ2n) is 4.50. The molecule has 0 saturated carbocycles. The average molecular weight is 274 g/mol. The Kier molecular flexibility index (Phi) is 4.48. The highest BCUT2D eigenvalue weighted by molar-refractivity contribution is 5.43. The van der Waals surface area contributed by atoms with Gasteiger partial charge in [-0.1, -0.05) is 18.2 Å². The van der Waals surface area contributed by atoms with Crippen molar-refractivity contribution in [2.24, 2.45) is 0 Å². The topological polar surface area (TPSA) is 58.9 Å². The zero-order chi connectivity index (χ0) is 14.5. The Labute approximate surface area is 118 Å². The monoisotopic (exact) mass is 274 g/mol. The summed E-state index contributed by atoms with van der Waals surface area (Å²) in [6.45, 7) is 0. The van der Waals surface area contributed by atoms with Gasteiger partial charge in [0.2, 0.25) is 0 Å². The first kappa shape index (κ1) is 14.2. The molecule has 2 aromatic rings. The molecule has 0 heterocycles. The number of hydrogen-bond acceptors (Lipinski definition) is 4. The van der Waals surface area contributed by atoms with Crippen molar-refractivity contribution in [3.8, 4) is 17.2 Å². The lowest BCUT2D eigenvalue weighted by Crippen LogP contribution is -2.02. The van der Waals surface area contributed by atoms with E-state index in [2.05, 4.69) is 0 Å². The summed E-state index contributed by atoms with van der Waals surface area (Å²) in [5.41, 5.74) is 1.71. The first-order chi connectivity index (χ1) is 9.63. The maximum Gasteiger partial charge on any atom is 0.161 e. The van der Waals surface area contributed by atoms with E-state index in [0.717, 1.165) is 11.1 Å². The molecular weight excluding hydrogens is 256 g/mol. The molecule has 0 aliphatic rings. The van der Waals surface area contributed by atoms with Gasteiger partial charge in [-0.05, 0) is 35.4 Å². The normalized spacial score (nSPS) is 11.9. The fourth-order valence-corrected chi connectivity index (χ4v) is 2.03. The number of aromatic hydroxyl groups is 1.